The van der Waals surface area contributed by atoms with E-state index in [1.165, 1.54) is 0 Å². The minimum absolute atomic E-state index is 0.0129. The molecule has 4 aliphatic carbocycles. The van der Waals surface area contributed by atoms with Crippen LogP contribution in [0.1, 0.15) is 84.5 Å². The maximum absolute atomic E-state index is 12.6. The van der Waals surface area contributed by atoms with Crippen molar-refractivity contribution in [2.24, 2.45) is 33.6 Å². The second-order valence-electron chi connectivity index (χ2n) is 14.3. The van der Waals surface area contributed by atoms with Crippen LogP contribution in [0.15, 0.2) is 16.6 Å². The van der Waals surface area contributed by atoms with Gasteiger partial charge in [0.2, 0.25) is 0 Å². The highest BCUT2D eigenvalue weighted by Gasteiger charge is 2.71. The van der Waals surface area contributed by atoms with Crippen LogP contribution in [-0.2, 0) is 19.0 Å². The number of nitrogens with zero attached hydrogens (tertiary/aromatic N) is 1. The van der Waals surface area contributed by atoms with Crippen LogP contribution in [0, 0.1) is 28.6 Å². The summed E-state index contributed by atoms with van der Waals surface area (Å²) < 4.78 is 17.4. The first kappa shape index (κ1) is 30.6. The molecule has 2 aliphatic heterocycles. The largest absolute Gasteiger partial charge is 0.458 e. The van der Waals surface area contributed by atoms with E-state index in [-0.39, 0.29) is 48.3 Å². The van der Waals surface area contributed by atoms with Gasteiger partial charge < -0.3 is 39.7 Å². The maximum Gasteiger partial charge on any atom is 0.331 e. The summed E-state index contributed by atoms with van der Waals surface area (Å²) in [6.45, 7) is 4.75. The third-order valence-corrected chi connectivity index (χ3v) is 12.4. The molecule has 10 nitrogen and oxygen atoms in total. The summed E-state index contributed by atoms with van der Waals surface area (Å²) in [5, 5.41) is 54.8. The quantitative estimate of drug-likeness (QED) is 0.129. The third kappa shape index (κ3) is 4.71. The molecule has 4 saturated carbocycles. The summed E-state index contributed by atoms with van der Waals surface area (Å²) in [6.07, 6.45) is 7.02. The second kappa shape index (κ2) is 11.2. The molecule has 6 rings (SSSR count). The molecular weight excluding hydrogens is 542 g/mol. The summed E-state index contributed by atoms with van der Waals surface area (Å²) in [5.41, 5.74) is -2.02. The monoisotopic (exact) mass is 591 g/mol. The normalized spacial score (nSPS) is 50.6. The average Bonchev–Trinajstić information content (AvgIpc) is 3.49. The Morgan fingerprint density at radius 2 is 1.88 bits per heavy atom. The minimum atomic E-state index is -1.09. The van der Waals surface area contributed by atoms with Crippen molar-refractivity contribution >= 4 is 12.2 Å². The third-order valence-electron chi connectivity index (χ3n) is 12.4. The lowest BCUT2D eigenvalue weighted by Gasteiger charge is -2.66. The topological polar surface area (TPSA) is 158 Å². The first-order valence-corrected chi connectivity index (χ1v) is 16.1. The number of cyclic esters (lactones) is 1. The Hall–Kier alpha value is -1.40. The summed E-state index contributed by atoms with van der Waals surface area (Å²) in [6, 6.07) is 0. The molecule has 0 amide bonds. The highest BCUT2D eigenvalue weighted by atomic mass is 16.7. The lowest BCUT2D eigenvalue weighted by Crippen LogP contribution is -2.69. The van der Waals surface area contributed by atoms with E-state index >= 15 is 0 Å². The Labute approximate surface area is 248 Å². The van der Waals surface area contributed by atoms with Gasteiger partial charge in [0.15, 0.2) is 6.29 Å². The van der Waals surface area contributed by atoms with Crippen LogP contribution in [0.3, 0.4) is 0 Å². The fraction of sp³-hybridized carbons (Fsp3) is 0.875. The first-order valence-electron chi connectivity index (χ1n) is 16.1. The van der Waals surface area contributed by atoms with Crippen molar-refractivity contribution in [2.75, 3.05) is 19.8 Å². The van der Waals surface area contributed by atoms with Crippen LogP contribution in [0.25, 0.3) is 0 Å². The van der Waals surface area contributed by atoms with Gasteiger partial charge in [-0.15, -0.1) is 0 Å². The smallest absolute Gasteiger partial charge is 0.331 e. The molecule has 5 fully saturated rings. The van der Waals surface area contributed by atoms with Gasteiger partial charge in [0, 0.05) is 49.1 Å². The molecule has 0 bridgehead atoms. The number of rotatable bonds is 7. The van der Waals surface area contributed by atoms with Crippen LogP contribution >= 0.6 is 0 Å². The zero-order chi connectivity index (χ0) is 29.9. The standard InChI is InChI=1S/C32H49NO9/c1-19-28(37)25(35)15-27(41-19)42-21-4-9-30(18-33-12-3-13-34)23-5-8-29(2)22(20-14-26(36)40-17-20)7-11-32(29,39)24(23)6-10-31(30,38)16-21/h14,18-19,21-25,27-28,34-35,37-39H,3-13,15-17H2,1-2H3/t19-,21+,22-,23-,24+,25-,27+,28-,29+,30-,31-,32-/m0/s1. The number of carbonyl (C=O) groups is 1. The first-order chi connectivity index (χ1) is 20.0. The molecular formula is C32H49NO9. The van der Waals surface area contributed by atoms with Gasteiger partial charge in [-0.1, -0.05) is 6.92 Å². The number of hydrogen-bond donors (Lipinski definition) is 5. The molecule has 12 atom stereocenters. The lowest BCUT2D eigenvalue weighted by atomic mass is 9.41. The number of aliphatic imine (C=N–C) groups is 1. The van der Waals surface area contributed by atoms with Gasteiger partial charge in [0.1, 0.15) is 12.7 Å². The van der Waals surface area contributed by atoms with E-state index in [0.29, 0.717) is 58.1 Å². The molecule has 0 aromatic rings. The molecule has 42 heavy (non-hydrogen) atoms. The SMILES string of the molecule is C[C@@H]1O[C@H](O[C@@H]2CC[C@]3(C=NCCCO)[C@H]4CC[C@]5(C)[C@H](C6=CC(=O)OC6)CC[C@]5(O)[C@@H]4CC[C@]3(O)C2)C[C@H](O)[C@H]1O. The molecule has 2 heterocycles. The Kier molecular flexibility index (Phi) is 8.16. The fourth-order valence-electron chi connectivity index (χ4n) is 10.2. The van der Waals surface area contributed by atoms with Gasteiger partial charge in [0.25, 0.3) is 0 Å². The number of aliphatic hydroxyl groups excluding tert-OH is 3. The fourth-order valence-corrected chi connectivity index (χ4v) is 10.2. The Morgan fingerprint density at radius 3 is 2.60 bits per heavy atom. The average molecular weight is 592 g/mol. The van der Waals surface area contributed by atoms with Gasteiger partial charge in [-0.3, -0.25) is 4.99 Å². The van der Waals surface area contributed by atoms with Crippen LogP contribution in [0.2, 0.25) is 0 Å². The van der Waals surface area contributed by atoms with Crippen molar-refractivity contribution in [3.8, 4) is 0 Å². The second-order valence-corrected chi connectivity index (χ2v) is 14.3. The molecule has 6 aliphatic rings. The van der Waals surface area contributed by atoms with E-state index in [1.54, 1.807) is 13.0 Å². The number of carbonyl (C=O) groups excluding carboxylic acids is 1. The highest BCUT2D eigenvalue weighted by Crippen LogP contribution is 2.70. The van der Waals surface area contributed by atoms with Crippen molar-refractivity contribution in [2.45, 2.75) is 126 Å². The summed E-state index contributed by atoms with van der Waals surface area (Å²) >= 11 is 0. The van der Waals surface area contributed by atoms with Crippen molar-refractivity contribution in [3.63, 3.8) is 0 Å². The predicted octanol–water partition coefficient (Wildman–Crippen LogP) is 2.03. The zero-order valence-electron chi connectivity index (χ0n) is 25.0. The molecule has 0 aromatic carbocycles. The summed E-state index contributed by atoms with van der Waals surface area (Å²) in [5.74, 6) is -0.177. The van der Waals surface area contributed by atoms with Gasteiger partial charge in [0.05, 0.1) is 29.5 Å². The van der Waals surface area contributed by atoms with E-state index in [1.807, 2.05) is 6.21 Å². The van der Waals surface area contributed by atoms with E-state index in [4.69, 9.17) is 19.2 Å². The van der Waals surface area contributed by atoms with Crippen LogP contribution in [-0.4, -0.2) is 99.4 Å². The molecule has 1 saturated heterocycles. The minimum Gasteiger partial charge on any atom is -0.458 e. The van der Waals surface area contributed by atoms with Gasteiger partial charge in [-0.05, 0) is 88.0 Å². The van der Waals surface area contributed by atoms with Crippen LogP contribution < -0.4 is 0 Å². The van der Waals surface area contributed by atoms with Gasteiger partial charge in [-0.2, -0.15) is 0 Å². The van der Waals surface area contributed by atoms with E-state index < -0.39 is 41.2 Å². The summed E-state index contributed by atoms with van der Waals surface area (Å²) in [4.78, 5) is 16.7. The van der Waals surface area contributed by atoms with Gasteiger partial charge >= 0.3 is 5.97 Å². The summed E-state index contributed by atoms with van der Waals surface area (Å²) in [7, 11) is 0. The van der Waals surface area contributed by atoms with E-state index in [0.717, 1.165) is 24.8 Å². The predicted molar refractivity (Wildman–Crippen MR) is 152 cm³/mol. The molecule has 10 heteroatoms. The molecule has 236 valence electrons. The molecule has 0 radical (unpaired) electrons. The molecule has 0 spiro atoms. The Balaban J connectivity index is 1.26. The van der Waals surface area contributed by atoms with Crippen molar-refractivity contribution in [1.82, 2.24) is 0 Å². The number of ether oxygens (including phenoxy) is 3. The maximum atomic E-state index is 12.6. The number of fused-ring (bicyclic) bond motifs is 5. The van der Waals surface area contributed by atoms with E-state index in [2.05, 4.69) is 6.92 Å². The number of hydrogen-bond acceptors (Lipinski definition) is 10. The van der Waals surface area contributed by atoms with Crippen molar-refractivity contribution in [1.29, 1.82) is 0 Å². The lowest BCUT2D eigenvalue weighted by molar-refractivity contribution is -0.282. The van der Waals surface area contributed by atoms with Gasteiger partial charge in [-0.25, -0.2) is 4.79 Å². The Morgan fingerprint density at radius 1 is 1.10 bits per heavy atom. The van der Waals surface area contributed by atoms with Crippen molar-refractivity contribution in [3.05, 3.63) is 11.6 Å². The number of aliphatic hydroxyl groups is 5. The van der Waals surface area contributed by atoms with E-state index in [9.17, 15) is 30.3 Å². The molecule has 0 aromatic heterocycles. The molecule has 0 unspecified atom stereocenters. The Bertz CT molecular complexity index is 1090. The van der Waals surface area contributed by atoms with Crippen LogP contribution in [0.4, 0.5) is 0 Å². The number of esters is 1. The van der Waals surface area contributed by atoms with Crippen molar-refractivity contribution < 1.29 is 44.5 Å². The van der Waals surface area contributed by atoms with Crippen LogP contribution in [0.5, 0.6) is 0 Å². The zero-order valence-corrected chi connectivity index (χ0v) is 25.0. The highest BCUT2D eigenvalue weighted by molar-refractivity contribution is 5.85. The molecule has 5 N–H and O–H groups in total.